The Labute approximate surface area is 133 Å². The van der Waals surface area contributed by atoms with Crippen molar-refractivity contribution >= 4 is 0 Å². The molecular weight excluding hydrogens is 294 g/mol. The van der Waals surface area contributed by atoms with Crippen LogP contribution in [0.3, 0.4) is 0 Å². The minimum Gasteiger partial charge on any atom is -0.504 e. The number of fused-ring (bicyclic) bond motifs is 4. The van der Waals surface area contributed by atoms with E-state index in [2.05, 4.69) is 11.4 Å². The van der Waals surface area contributed by atoms with E-state index in [1.165, 1.54) is 11.1 Å². The minimum atomic E-state index is 0.152. The molecule has 2 aromatic carbocycles. The molecule has 0 saturated carbocycles. The number of phenolic OH excluding ortho intramolecular Hbond substituents is 1. The molecule has 0 aromatic heterocycles. The first-order chi connectivity index (χ1) is 11.3. The van der Waals surface area contributed by atoms with Gasteiger partial charge in [-0.2, -0.15) is 0 Å². The Morgan fingerprint density at radius 3 is 3.00 bits per heavy atom. The maximum absolute atomic E-state index is 10.2. The molecule has 23 heavy (non-hydrogen) atoms. The number of rotatable bonds is 1. The molecule has 2 heterocycles. The van der Waals surface area contributed by atoms with Crippen LogP contribution in [0.2, 0.25) is 0 Å². The third-order valence-corrected chi connectivity index (χ3v) is 5.02. The molecule has 2 aliphatic heterocycles. The van der Waals surface area contributed by atoms with Crippen molar-refractivity contribution in [1.29, 1.82) is 0 Å². The zero-order valence-corrected chi connectivity index (χ0v) is 12.8. The van der Waals surface area contributed by atoms with E-state index in [1.54, 1.807) is 13.2 Å². The van der Waals surface area contributed by atoms with E-state index in [4.69, 9.17) is 14.2 Å². The third kappa shape index (κ3) is 1.71. The highest BCUT2D eigenvalue weighted by molar-refractivity contribution is 5.85. The average Bonchev–Trinajstić information content (AvgIpc) is 3.02. The minimum absolute atomic E-state index is 0.152. The summed E-state index contributed by atoms with van der Waals surface area (Å²) in [6, 6.07) is 6.10. The quantitative estimate of drug-likeness (QED) is 0.847. The first kappa shape index (κ1) is 13.1. The van der Waals surface area contributed by atoms with Crippen molar-refractivity contribution in [1.82, 2.24) is 5.32 Å². The molecule has 5 heteroatoms. The van der Waals surface area contributed by atoms with Crippen LogP contribution >= 0.6 is 0 Å². The van der Waals surface area contributed by atoms with Crippen molar-refractivity contribution in [2.24, 2.45) is 0 Å². The molecule has 2 N–H and O–H groups in total. The lowest BCUT2D eigenvalue weighted by molar-refractivity contribution is 0.174. The standard InChI is InChI=1S/C18H17NO4/c1-21-14-6-10-4-12-16-9(2-3-19-12)5-15-18(23-8-22-15)17(16)11(10)7-13(14)20/h5-7,12,19-20H,2-4,8H2,1H3. The molecule has 1 unspecified atom stereocenters. The number of nitrogens with one attached hydrogen (secondary N) is 1. The summed E-state index contributed by atoms with van der Waals surface area (Å²) in [5.74, 6) is 2.26. The summed E-state index contributed by atoms with van der Waals surface area (Å²) in [6.07, 6.45) is 1.86. The fourth-order valence-corrected chi connectivity index (χ4v) is 4.04. The van der Waals surface area contributed by atoms with Gasteiger partial charge in [0, 0.05) is 11.6 Å². The summed E-state index contributed by atoms with van der Waals surface area (Å²) in [6.45, 7) is 1.21. The van der Waals surface area contributed by atoms with E-state index in [-0.39, 0.29) is 18.6 Å². The molecule has 5 nitrogen and oxygen atoms in total. The van der Waals surface area contributed by atoms with Gasteiger partial charge in [-0.05, 0) is 59.8 Å². The molecule has 3 aliphatic rings. The van der Waals surface area contributed by atoms with Gasteiger partial charge in [0.25, 0.3) is 0 Å². The molecular formula is C18H17NO4. The second-order valence-corrected chi connectivity index (χ2v) is 6.20. The van der Waals surface area contributed by atoms with E-state index in [1.807, 2.05) is 6.07 Å². The maximum atomic E-state index is 10.2. The lowest BCUT2D eigenvalue weighted by Crippen LogP contribution is -2.33. The molecule has 0 fully saturated rings. The summed E-state index contributed by atoms with van der Waals surface area (Å²) in [5.41, 5.74) is 5.83. The van der Waals surface area contributed by atoms with E-state index < -0.39 is 0 Å². The predicted molar refractivity (Wildman–Crippen MR) is 84.4 cm³/mol. The zero-order valence-electron chi connectivity index (χ0n) is 12.8. The first-order valence-electron chi connectivity index (χ1n) is 7.85. The number of aromatic hydroxyl groups is 1. The van der Waals surface area contributed by atoms with E-state index in [9.17, 15) is 5.11 Å². The van der Waals surface area contributed by atoms with Gasteiger partial charge in [0.2, 0.25) is 6.79 Å². The topological polar surface area (TPSA) is 60.0 Å². The lowest BCUT2D eigenvalue weighted by Gasteiger charge is -2.35. The van der Waals surface area contributed by atoms with E-state index in [0.29, 0.717) is 5.75 Å². The molecule has 0 radical (unpaired) electrons. The van der Waals surface area contributed by atoms with Crippen LogP contribution in [0, 0.1) is 0 Å². The molecule has 1 atom stereocenters. The summed E-state index contributed by atoms with van der Waals surface area (Å²) in [4.78, 5) is 0. The predicted octanol–water partition coefficient (Wildman–Crippen LogP) is 2.54. The van der Waals surface area contributed by atoms with Gasteiger partial charge in [-0.3, -0.25) is 0 Å². The smallest absolute Gasteiger partial charge is 0.231 e. The normalized spacial score (nSPS) is 20.0. The summed E-state index contributed by atoms with van der Waals surface area (Å²) in [5, 5.41) is 13.8. The number of hydrogen-bond acceptors (Lipinski definition) is 5. The average molecular weight is 311 g/mol. The Kier molecular flexibility index (Phi) is 2.59. The van der Waals surface area contributed by atoms with Crippen LogP contribution in [0.1, 0.15) is 22.7 Å². The number of benzene rings is 2. The molecule has 0 saturated heterocycles. The second kappa shape index (κ2) is 4.55. The Bertz CT molecular complexity index is 831. The maximum Gasteiger partial charge on any atom is 0.231 e. The van der Waals surface area contributed by atoms with Crippen LogP contribution in [-0.2, 0) is 12.8 Å². The molecule has 118 valence electrons. The molecule has 0 spiro atoms. The van der Waals surface area contributed by atoms with Crippen molar-refractivity contribution in [2.45, 2.75) is 18.9 Å². The molecule has 0 bridgehead atoms. The van der Waals surface area contributed by atoms with Crippen LogP contribution in [0.5, 0.6) is 23.0 Å². The lowest BCUT2D eigenvalue weighted by atomic mass is 9.77. The number of phenols is 1. The molecule has 0 amide bonds. The molecule has 5 rings (SSSR count). The van der Waals surface area contributed by atoms with Gasteiger partial charge in [0.05, 0.1) is 7.11 Å². The Morgan fingerprint density at radius 2 is 2.13 bits per heavy atom. The van der Waals surface area contributed by atoms with Gasteiger partial charge in [0.1, 0.15) is 0 Å². The van der Waals surface area contributed by atoms with E-state index >= 15 is 0 Å². The number of methoxy groups -OCH3 is 1. The van der Waals surface area contributed by atoms with Crippen molar-refractivity contribution in [2.75, 3.05) is 20.4 Å². The summed E-state index contributed by atoms with van der Waals surface area (Å²) >= 11 is 0. The van der Waals surface area contributed by atoms with Crippen molar-refractivity contribution in [3.63, 3.8) is 0 Å². The Morgan fingerprint density at radius 1 is 1.22 bits per heavy atom. The zero-order chi connectivity index (χ0) is 15.6. The highest BCUT2D eigenvalue weighted by Crippen LogP contribution is 2.53. The van der Waals surface area contributed by atoms with Crippen molar-refractivity contribution < 1.29 is 19.3 Å². The fourth-order valence-electron chi connectivity index (χ4n) is 4.04. The fraction of sp³-hybridized carbons (Fsp3) is 0.333. The van der Waals surface area contributed by atoms with Crippen LogP contribution in [0.4, 0.5) is 0 Å². The van der Waals surface area contributed by atoms with Gasteiger partial charge < -0.3 is 24.6 Å². The van der Waals surface area contributed by atoms with Crippen LogP contribution in [0.25, 0.3) is 11.1 Å². The van der Waals surface area contributed by atoms with Gasteiger partial charge in [0.15, 0.2) is 23.0 Å². The Balaban J connectivity index is 1.84. The summed E-state index contributed by atoms with van der Waals surface area (Å²) < 4.78 is 16.7. The monoisotopic (exact) mass is 311 g/mol. The SMILES string of the molecule is COc1cc2c(cc1O)-c1c3c(cc4c1C(C2)NCC4)OCO3. The molecule has 2 aromatic rings. The van der Waals surface area contributed by atoms with Crippen LogP contribution in [0.15, 0.2) is 18.2 Å². The largest absolute Gasteiger partial charge is 0.504 e. The van der Waals surface area contributed by atoms with Gasteiger partial charge in [-0.25, -0.2) is 0 Å². The number of ether oxygens (including phenoxy) is 3. The summed E-state index contributed by atoms with van der Waals surface area (Å²) in [7, 11) is 1.57. The number of hydrogen-bond donors (Lipinski definition) is 2. The van der Waals surface area contributed by atoms with Gasteiger partial charge in [-0.15, -0.1) is 0 Å². The van der Waals surface area contributed by atoms with Crippen LogP contribution < -0.4 is 19.5 Å². The highest BCUT2D eigenvalue weighted by atomic mass is 16.7. The Hall–Kier alpha value is -2.40. The second-order valence-electron chi connectivity index (χ2n) is 6.20. The first-order valence-corrected chi connectivity index (χ1v) is 7.85. The van der Waals surface area contributed by atoms with Crippen molar-refractivity contribution in [3.05, 3.63) is 34.9 Å². The third-order valence-electron chi connectivity index (χ3n) is 5.02. The van der Waals surface area contributed by atoms with Gasteiger partial charge >= 0.3 is 0 Å². The highest BCUT2D eigenvalue weighted by Gasteiger charge is 2.35. The van der Waals surface area contributed by atoms with Crippen molar-refractivity contribution in [3.8, 4) is 34.1 Å². The van der Waals surface area contributed by atoms with Crippen LogP contribution in [-0.4, -0.2) is 25.6 Å². The molecule has 1 aliphatic carbocycles. The van der Waals surface area contributed by atoms with E-state index in [0.717, 1.165) is 47.6 Å². The van der Waals surface area contributed by atoms with Gasteiger partial charge in [-0.1, -0.05) is 0 Å².